The number of benzene rings is 14. The maximum Gasteiger partial charge on any atom is 0.330 e. The zero-order valence-corrected chi connectivity index (χ0v) is 75.8. The molecule has 0 fully saturated rings. The molecule has 0 saturated heterocycles. The molecule has 121 heavy (non-hydrogen) atoms. The van der Waals surface area contributed by atoms with E-state index in [9.17, 15) is 14.4 Å². The van der Waals surface area contributed by atoms with Crippen LogP contribution in [0, 0.1) is 20.8 Å². The van der Waals surface area contributed by atoms with E-state index in [0.717, 1.165) is 0 Å². The molecule has 0 aliphatic carbocycles. The van der Waals surface area contributed by atoms with Gasteiger partial charge in [0.05, 0.1) is 0 Å². The van der Waals surface area contributed by atoms with Crippen molar-refractivity contribution in [3.8, 4) is 0 Å². The average molecular weight is 1650 g/mol. The summed E-state index contributed by atoms with van der Waals surface area (Å²) in [6, 6.07) is 140. The molecule has 15 aromatic rings. The van der Waals surface area contributed by atoms with Crippen molar-refractivity contribution in [1.29, 1.82) is 0 Å². The van der Waals surface area contributed by atoms with Gasteiger partial charge >= 0.3 is 17.1 Å². The summed E-state index contributed by atoms with van der Waals surface area (Å²) in [5.74, 6) is 0. The first-order valence-corrected chi connectivity index (χ1v) is 42.5. The Morgan fingerprint density at radius 1 is 0.190 bits per heavy atom. The molecule has 0 bridgehead atoms. The second kappa shape index (κ2) is 74.6. The minimum Gasteiger partial charge on any atom is -0.259 e. The van der Waals surface area contributed by atoms with E-state index in [1.54, 1.807) is 21.2 Å². The Balaban J connectivity index is -0.000000621. The number of hydrogen-bond donors (Lipinski definition) is 4. The first kappa shape index (κ1) is 116. The van der Waals surface area contributed by atoms with Gasteiger partial charge in [0.15, 0.2) is 0 Å². The summed E-state index contributed by atoms with van der Waals surface area (Å²) < 4.78 is 0. The second-order valence-electron chi connectivity index (χ2n) is 28.8. The number of H-pyrrole nitrogens is 3. The standard InChI is InChI=1S/3C15H16.2C10H8.3C7H8.C6H6.C3H3N3O3.5C3H8.CH4S.3CH4/c3*1-15(2,13-9-5-3-6-10-13)14-11-7-4-8-12-14;2*1-2-6-10-8-4-3-7-9(10)5-1;3*1-7-5-3-2-4-6-7;1-2-4-6-5-3-1;7-1-4-2(8)6-3(9)5-1;5*1-3-2;1-2;;;/h3*3-12H,1-2H3;2*1-8H;3*2-6H,1H3;1-6H;(H3,4,5,6,7,8,9);5*3H2,1-2H3;2H,1H3;3*1H4. The quantitative estimate of drug-likeness (QED) is 0.125. The molecule has 3 N–H and O–H groups in total. The van der Waals surface area contributed by atoms with E-state index in [2.05, 4.69) is 460 Å². The molecule has 0 amide bonds. The summed E-state index contributed by atoms with van der Waals surface area (Å²) in [6.07, 6.45) is 7.94. The molecular weight excluding hydrogens is 1490 g/mol. The third-order valence-electron chi connectivity index (χ3n) is 16.5. The lowest BCUT2D eigenvalue weighted by atomic mass is 9.78. The van der Waals surface area contributed by atoms with Gasteiger partial charge in [0, 0.05) is 16.2 Å². The van der Waals surface area contributed by atoms with Gasteiger partial charge in [-0.25, -0.2) is 14.4 Å². The number of fused-ring (bicyclic) bond motifs is 2. The van der Waals surface area contributed by atoms with Gasteiger partial charge in [0.2, 0.25) is 0 Å². The molecule has 0 aliphatic heterocycles. The van der Waals surface area contributed by atoms with Crippen molar-refractivity contribution in [2.75, 3.05) is 6.26 Å². The number of aryl methyl sites for hydroxylation is 3. The van der Waals surface area contributed by atoms with E-state index < -0.39 is 17.1 Å². The molecule has 0 spiro atoms. The molecule has 1 heterocycles. The summed E-state index contributed by atoms with van der Waals surface area (Å²) in [5.41, 5.74) is 9.96. The summed E-state index contributed by atoms with van der Waals surface area (Å²) >= 11 is 3.53. The van der Waals surface area contributed by atoms with Crippen LogP contribution in [0.5, 0.6) is 0 Å². The zero-order chi connectivity index (χ0) is 87.8. The minimum absolute atomic E-state index is 0. The molecule has 648 valence electrons. The van der Waals surface area contributed by atoms with Crippen molar-refractivity contribution >= 4 is 34.2 Å². The minimum atomic E-state index is -0.802. The highest BCUT2D eigenvalue weighted by Crippen LogP contribution is 2.33. The monoisotopic (exact) mass is 1640 g/mol. The largest absolute Gasteiger partial charge is 0.330 e. The number of nitrogens with one attached hydrogen (secondary N) is 3. The topological polar surface area (TPSA) is 98.6 Å². The smallest absolute Gasteiger partial charge is 0.259 e. The molecular formula is C114H153N3O3S. The molecule has 0 atom stereocenters. The summed E-state index contributed by atoms with van der Waals surface area (Å²) in [6.45, 7) is 41.1. The Hall–Kier alpha value is -11.6. The number of aromatic nitrogens is 3. The maximum atomic E-state index is 10.2. The average Bonchev–Trinajstić information content (AvgIpc) is 0.832. The molecule has 0 aliphatic rings. The van der Waals surface area contributed by atoms with Gasteiger partial charge < -0.3 is 0 Å². The Kier molecular flexibility index (Phi) is 71.4. The molecule has 14 aromatic carbocycles. The Morgan fingerprint density at radius 2 is 0.281 bits per heavy atom. The molecule has 6 nitrogen and oxygen atoms in total. The van der Waals surface area contributed by atoms with E-state index >= 15 is 0 Å². The van der Waals surface area contributed by atoms with Crippen molar-refractivity contribution in [3.05, 3.63) is 488 Å². The third kappa shape index (κ3) is 54.2. The van der Waals surface area contributed by atoms with Crippen LogP contribution in [0.15, 0.2) is 421 Å². The summed E-state index contributed by atoms with van der Waals surface area (Å²) in [5, 5.41) is 5.24. The van der Waals surface area contributed by atoms with E-state index in [1.165, 1.54) is 104 Å². The van der Waals surface area contributed by atoms with E-state index in [1.807, 2.05) is 91.0 Å². The lowest BCUT2D eigenvalue weighted by Gasteiger charge is -2.25. The van der Waals surface area contributed by atoms with E-state index in [4.69, 9.17) is 0 Å². The van der Waals surface area contributed by atoms with Crippen LogP contribution in [0.25, 0.3) is 21.5 Å². The highest BCUT2D eigenvalue weighted by atomic mass is 32.1. The van der Waals surface area contributed by atoms with Gasteiger partial charge in [0.25, 0.3) is 0 Å². The van der Waals surface area contributed by atoms with Crippen LogP contribution >= 0.6 is 12.6 Å². The number of hydrogen-bond acceptors (Lipinski definition) is 4. The maximum absolute atomic E-state index is 10.2. The normalized spacial score (nSPS) is 9.26. The molecule has 0 unspecified atom stereocenters. The van der Waals surface area contributed by atoms with Crippen LogP contribution in [-0.2, 0) is 16.2 Å². The lowest BCUT2D eigenvalue weighted by molar-refractivity contribution is 0.641. The fraction of sp³-hybridized carbons (Fsp3) is 0.272. The molecule has 0 radical (unpaired) electrons. The Bertz CT molecular complexity index is 4150. The highest BCUT2D eigenvalue weighted by Gasteiger charge is 2.24. The number of thiol groups is 1. The predicted molar refractivity (Wildman–Crippen MR) is 546 cm³/mol. The third-order valence-corrected chi connectivity index (χ3v) is 16.5. The second-order valence-corrected chi connectivity index (χ2v) is 28.8. The first-order chi connectivity index (χ1) is 57.0. The van der Waals surface area contributed by atoms with Crippen LogP contribution in [0.1, 0.15) is 215 Å². The van der Waals surface area contributed by atoms with Crippen molar-refractivity contribution in [2.45, 2.75) is 202 Å². The van der Waals surface area contributed by atoms with Crippen LogP contribution in [0.2, 0.25) is 0 Å². The number of aromatic amines is 3. The summed E-state index contributed by atoms with van der Waals surface area (Å²) in [7, 11) is 0. The van der Waals surface area contributed by atoms with Gasteiger partial charge in [-0.05, 0) is 82.0 Å². The van der Waals surface area contributed by atoms with Crippen molar-refractivity contribution < 1.29 is 0 Å². The summed E-state index contributed by atoms with van der Waals surface area (Å²) in [4.78, 5) is 35.9. The van der Waals surface area contributed by atoms with Crippen molar-refractivity contribution in [1.82, 2.24) is 15.0 Å². The van der Waals surface area contributed by atoms with Crippen LogP contribution in [-0.4, -0.2) is 21.2 Å². The predicted octanol–water partition coefficient (Wildman–Crippen LogP) is 32.7. The van der Waals surface area contributed by atoms with Gasteiger partial charge in [-0.2, -0.15) is 12.6 Å². The van der Waals surface area contributed by atoms with Crippen LogP contribution < -0.4 is 17.1 Å². The molecule has 0 saturated carbocycles. The van der Waals surface area contributed by atoms with Gasteiger partial charge in [0.1, 0.15) is 0 Å². The van der Waals surface area contributed by atoms with Gasteiger partial charge in [-0.3, -0.25) is 15.0 Å². The Labute approximate surface area is 740 Å². The Morgan fingerprint density at radius 3 is 0.380 bits per heavy atom. The van der Waals surface area contributed by atoms with Crippen LogP contribution in [0.3, 0.4) is 0 Å². The van der Waals surface area contributed by atoms with E-state index in [0.29, 0.717) is 0 Å². The SMILES string of the molecule is C.C.C.CC(C)(c1ccccc1)c1ccccc1.CC(C)(c1ccccc1)c1ccccc1.CC(C)(c1ccccc1)c1ccccc1.CCC.CCC.CCC.CCC.CCC.CS.Cc1ccccc1.Cc1ccccc1.Cc1ccccc1.O=c1[nH]c(=O)[nH]c(=O)[nH]1.c1ccc2ccccc2c1.c1ccc2ccccc2c1.c1ccccc1. The molecule has 7 heteroatoms. The molecule has 1 aromatic heterocycles. The van der Waals surface area contributed by atoms with Gasteiger partial charge in [-0.1, -0.05) is 588 Å². The first-order valence-electron chi connectivity index (χ1n) is 41.6. The fourth-order valence-corrected chi connectivity index (χ4v) is 10.3. The lowest BCUT2D eigenvalue weighted by Crippen LogP contribution is -2.34. The number of rotatable bonds is 6. The highest BCUT2D eigenvalue weighted by molar-refractivity contribution is 7.79. The fourth-order valence-electron chi connectivity index (χ4n) is 10.3. The zero-order valence-electron chi connectivity index (χ0n) is 74.9. The molecule has 15 rings (SSSR count). The van der Waals surface area contributed by atoms with E-state index in [-0.39, 0.29) is 38.5 Å². The van der Waals surface area contributed by atoms with Crippen molar-refractivity contribution in [2.24, 2.45) is 0 Å². The van der Waals surface area contributed by atoms with Gasteiger partial charge in [-0.15, -0.1) is 0 Å². The van der Waals surface area contributed by atoms with Crippen molar-refractivity contribution in [3.63, 3.8) is 0 Å². The van der Waals surface area contributed by atoms with Crippen LogP contribution in [0.4, 0.5) is 0 Å².